The van der Waals surface area contributed by atoms with Crippen molar-refractivity contribution in [3.63, 3.8) is 0 Å². The highest BCUT2D eigenvalue weighted by Crippen LogP contribution is 2.32. The standard InChI is InChI=1S/C21H25N3O2/c25-21-18-9-4-5-10-19(18)22-20(17-7-2-1-3-8-17)24(21)12-6-11-23-13-15-26-16-14-23/h1-5,7-10,20,22H,6,11-16H2/p+1/t20-/m0/s1. The van der Waals surface area contributed by atoms with Crippen LogP contribution in [0.5, 0.6) is 0 Å². The molecular formula is C21H26N3O2+. The summed E-state index contributed by atoms with van der Waals surface area (Å²) in [5.41, 5.74) is 2.80. The first kappa shape index (κ1) is 17.1. The van der Waals surface area contributed by atoms with Gasteiger partial charge in [0.05, 0.1) is 25.3 Å². The molecular weight excluding hydrogens is 326 g/mol. The van der Waals surface area contributed by atoms with Crippen LogP contribution in [0.4, 0.5) is 5.69 Å². The van der Waals surface area contributed by atoms with E-state index >= 15 is 0 Å². The minimum atomic E-state index is -0.113. The minimum absolute atomic E-state index is 0.113. The molecule has 2 aromatic rings. The number of nitrogens with one attached hydrogen (secondary N) is 2. The topological polar surface area (TPSA) is 46.0 Å². The predicted molar refractivity (Wildman–Crippen MR) is 101 cm³/mol. The van der Waals surface area contributed by atoms with E-state index in [1.54, 1.807) is 4.90 Å². The quantitative estimate of drug-likeness (QED) is 0.858. The summed E-state index contributed by atoms with van der Waals surface area (Å²) >= 11 is 0. The van der Waals surface area contributed by atoms with E-state index in [-0.39, 0.29) is 12.1 Å². The molecule has 1 saturated heterocycles. The van der Waals surface area contributed by atoms with E-state index in [1.807, 2.05) is 47.4 Å². The molecule has 2 heterocycles. The van der Waals surface area contributed by atoms with E-state index in [0.717, 1.165) is 62.6 Å². The van der Waals surface area contributed by atoms with Crippen LogP contribution >= 0.6 is 0 Å². The van der Waals surface area contributed by atoms with Gasteiger partial charge in [-0.3, -0.25) is 4.79 Å². The number of fused-ring (bicyclic) bond motifs is 1. The van der Waals surface area contributed by atoms with Crippen molar-refractivity contribution in [2.45, 2.75) is 12.6 Å². The molecule has 1 atom stereocenters. The smallest absolute Gasteiger partial charge is 0.257 e. The zero-order valence-electron chi connectivity index (χ0n) is 15.0. The number of carbonyl (C=O) groups excluding carboxylic acids is 1. The van der Waals surface area contributed by atoms with Crippen LogP contribution in [-0.4, -0.2) is 50.2 Å². The molecule has 0 bridgehead atoms. The number of carbonyl (C=O) groups is 1. The molecule has 2 aliphatic rings. The lowest BCUT2D eigenvalue weighted by Crippen LogP contribution is -3.14. The van der Waals surface area contributed by atoms with Gasteiger partial charge >= 0.3 is 0 Å². The van der Waals surface area contributed by atoms with Crippen molar-refractivity contribution in [1.82, 2.24) is 4.90 Å². The van der Waals surface area contributed by atoms with Gasteiger partial charge in [-0.15, -0.1) is 0 Å². The fourth-order valence-corrected chi connectivity index (χ4v) is 3.83. The maximum atomic E-state index is 13.1. The summed E-state index contributed by atoms with van der Waals surface area (Å²) in [5.74, 6) is 0.116. The van der Waals surface area contributed by atoms with Gasteiger partial charge in [-0.25, -0.2) is 0 Å². The molecule has 2 N–H and O–H groups in total. The molecule has 5 heteroatoms. The molecule has 1 fully saturated rings. The van der Waals surface area contributed by atoms with Crippen LogP contribution in [0.1, 0.15) is 28.5 Å². The molecule has 0 radical (unpaired) electrons. The Morgan fingerprint density at radius 3 is 2.58 bits per heavy atom. The molecule has 0 aromatic heterocycles. The molecule has 0 spiro atoms. The zero-order chi connectivity index (χ0) is 17.8. The molecule has 5 nitrogen and oxygen atoms in total. The summed E-state index contributed by atoms with van der Waals surface area (Å²) in [6, 6.07) is 18.0. The fraction of sp³-hybridized carbons (Fsp3) is 0.381. The highest BCUT2D eigenvalue weighted by Gasteiger charge is 2.32. The van der Waals surface area contributed by atoms with Gasteiger partial charge in [-0.2, -0.15) is 0 Å². The maximum Gasteiger partial charge on any atom is 0.257 e. The van der Waals surface area contributed by atoms with E-state index in [0.29, 0.717) is 0 Å². The number of benzene rings is 2. The second-order valence-corrected chi connectivity index (χ2v) is 6.97. The molecule has 0 unspecified atom stereocenters. The van der Waals surface area contributed by atoms with Crippen molar-refractivity contribution in [2.24, 2.45) is 0 Å². The van der Waals surface area contributed by atoms with Gasteiger partial charge < -0.3 is 19.9 Å². The Labute approximate surface area is 154 Å². The summed E-state index contributed by atoms with van der Waals surface area (Å²) in [5, 5.41) is 3.56. The number of para-hydroxylation sites is 1. The summed E-state index contributed by atoms with van der Waals surface area (Å²) in [4.78, 5) is 16.7. The summed E-state index contributed by atoms with van der Waals surface area (Å²) in [7, 11) is 0. The van der Waals surface area contributed by atoms with Crippen molar-refractivity contribution in [1.29, 1.82) is 0 Å². The van der Waals surface area contributed by atoms with E-state index in [1.165, 1.54) is 0 Å². The lowest BCUT2D eigenvalue weighted by molar-refractivity contribution is -0.908. The number of ether oxygens (including phenoxy) is 1. The molecule has 26 heavy (non-hydrogen) atoms. The summed E-state index contributed by atoms with van der Waals surface area (Å²) in [6.07, 6.45) is 0.882. The number of morpholine rings is 1. The zero-order valence-corrected chi connectivity index (χ0v) is 15.0. The lowest BCUT2D eigenvalue weighted by atomic mass is 10.0. The Morgan fingerprint density at radius 1 is 1.04 bits per heavy atom. The van der Waals surface area contributed by atoms with E-state index in [9.17, 15) is 4.79 Å². The average Bonchev–Trinajstić information content (AvgIpc) is 2.71. The SMILES string of the molecule is O=C1c2ccccc2N[C@H](c2ccccc2)N1CCC[NH+]1CCOCC1. The van der Waals surface area contributed by atoms with Crippen molar-refractivity contribution in [3.8, 4) is 0 Å². The third-order valence-corrected chi connectivity index (χ3v) is 5.27. The van der Waals surface area contributed by atoms with E-state index < -0.39 is 0 Å². The lowest BCUT2D eigenvalue weighted by Gasteiger charge is -2.38. The van der Waals surface area contributed by atoms with Crippen molar-refractivity contribution in [3.05, 3.63) is 65.7 Å². The van der Waals surface area contributed by atoms with Gasteiger partial charge in [0.1, 0.15) is 19.3 Å². The maximum absolute atomic E-state index is 13.1. The number of hydrogen-bond donors (Lipinski definition) is 2. The second kappa shape index (κ2) is 7.89. The average molecular weight is 352 g/mol. The summed E-state index contributed by atoms with van der Waals surface area (Å²) in [6.45, 7) is 5.66. The first-order chi connectivity index (χ1) is 12.8. The molecule has 0 saturated carbocycles. The largest absolute Gasteiger partial charge is 0.370 e. The highest BCUT2D eigenvalue weighted by molar-refractivity contribution is 6.01. The van der Waals surface area contributed by atoms with Crippen LogP contribution in [0.2, 0.25) is 0 Å². The first-order valence-electron chi connectivity index (χ1n) is 9.46. The second-order valence-electron chi connectivity index (χ2n) is 6.97. The van der Waals surface area contributed by atoms with E-state index in [2.05, 4.69) is 17.4 Å². The number of amides is 1. The minimum Gasteiger partial charge on any atom is -0.370 e. The Morgan fingerprint density at radius 2 is 1.77 bits per heavy atom. The Hall–Kier alpha value is -2.37. The molecule has 0 aliphatic carbocycles. The van der Waals surface area contributed by atoms with Gasteiger partial charge in [0.15, 0.2) is 0 Å². The molecule has 2 aliphatic heterocycles. The van der Waals surface area contributed by atoms with Crippen LogP contribution in [0.15, 0.2) is 54.6 Å². The van der Waals surface area contributed by atoms with Gasteiger partial charge in [-0.1, -0.05) is 42.5 Å². The van der Waals surface area contributed by atoms with Crippen LogP contribution in [0, 0.1) is 0 Å². The van der Waals surface area contributed by atoms with Crippen LogP contribution in [0.3, 0.4) is 0 Å². The number of quaternary nitrogens is 1. The number of nitrogens with zero attached hydrogens (tertiary/aromatic N) is 1. The van der Waals surface area contributed by atoms with Crippen LogP contribution in [-0.2, 0) is 4.74 Å². The fourth-order valence-electron chi connectivity index (χ4n) is 3.83. The third-order valence-electron chi connectivity index (χ3n) is 5.27. The monoisotopic (exact) mass is 352 g/mol. The Bertz CT molecular complexity index is 744. The van der Waals surface area contributed by atoms with E-state index in [4.69, 9.17) is 4.74 Å². The number of hydrogen-bond acceptors (Lipinski definition) is 3. The van der Waals surface area contributed by atoms with Crippen molar-refractivity contribution < 1.29 is 14.4 Å². The Balaban J connectivity index is 1.51. The first-order valence-corrected chi connectivity index (χ1v) is 9.46. The van der Waals surface area contributed by atoms with Gasteiger partial charge in [0.25, 0.3) is 5.91 Å². The summed E-state index contributed by atoms with van der Waals surface area (Å²) < 4.78 is 5.43. The van der Waals surface area contributed by atoms with Gasteiger partial charge in [0.2, 0.25) is 0 Å². The Kier molecular flexibility index (Phi) is 5.18. The molecule has 4 rings (SSSR count). The van der Waals surface area contributed by atoms with Crippen molar-refractivity contribution >= 4 is 11.6 Å². The molecule has 1 amide bonds. The third kappa shape index (κ3) is 3.59. The number of anilines is 1. The predicted octanol–water partition coefficient (Wildman–Crippen LogP) is 1.56. The normalized spacial score (nSPS) is 20.5. The molecule has 136 valence electrons. The van der Waals surface area contributed by atoms with Crippen molar-refractivity contribution in [2.75, 3.05) is 44.7 Å². The highest BCUT2D eigenvalue weighted by atomic mass is 16.5. The van der Waals surface area contributed by atoms with Gasteiger partial charge in [-0.05, 0) is 17.7 Å². The molecule has 2 aromatic carbocycles. The van der Waals surface area contributed by atoms with Crippen LogP contribution < -0.4 is 10.2 Å². The van der Waals surface area contributed by atoms with Crippen LogP contribution in [0.25, 0.3) is 0 Å². The number of rotatable bonds is 5. The van der Waals surface area contributed by atoms with Gasteiger partial charge in [0, 0.05) is 18.7 Å².